The van der Waals surface area contributed by atoms with Crippen molar-refractivity contribution in [1.29, 1.82) is 0 Å². The molecule has 0 bridgehead atoms. The number of hydrogen-bond acceptors (Lipinski definition) is 5. The predicted octanol–water partition coefficient (Wildman–Crippen LogP) is 3.04. The molecule has 1 amide bonds. The zero-order valence-electron chi connectivity index (χ0n) is 14.1. The smallest absolute Gasteiger partial charge is 0.306 e. The molecular weight excluding hydrogens is 322 g/mol. The number of carbonyl (C=O) groups is 2. The fourth-order valence-corrected chi connectivity index (χ4v) is 2.04. The third kappa shape index (κ3) is 6.95. The maximum Gasteiger partial charge on any atom is 0.306 e. The quantitative estimate of drug-likeness (QED) is 0.559. The lowest BCUT2D eigenvalue weighted by atomic mass is 10.3. The van der Waals surface area contributed by atoms with Crippen molar-refractivity contribution in [2.24, 2.45) is 0 Å². The Morgan fingerprint density at radius 1 is 1.00 bits per heavy atom. The van der Waals surface area contributed by atoms with Crippen LogP contribution in [0.4, 0.5) is 5.69 Å². The maximum atomic E-state index is 11.8. The van der Waals surface area contributed by atoms with E-state index in [1.54, 1.807) is 31.4 Å². The van der Waals surface area contributed by atoms with E-state index in [4.69, 9.17) is 14.2 Å². The summed E-state index contributed by atoms with van der Waals surface area (Å²) >= 11 is 0. The second-order valence-electron chi connectivity index (χ2n) is 5.21. The fraction of sp³-hybridized carbons (Fsp3) is 0.263. The predicted molar refractivity (Wildman–Crippen MR) is 93.8 cm³/mol. The van der Waals surface area contributed by atoms with E-state index in [1.165, 1.54) is 0 Å². The molecule has 0 aromatic heterocycles. The first-order valence-electron chi connectivity index (χ1n) is 7.95. The fourth-order valence-electron chi connectivity index (χ4n) is 2.04. The van der Waals surface area contributed by atoms with Crippen LogP contribution in [-0.2, 0) is 14.3 Å². The summed E-state index contributed by atoms with van der Waals surface area (Å²) in [5.74, 6) is 0.557. The molecule has 2 aromatic carbocycles. The summed E-state index contributed by atoms with van der Waals surface area (Å²) < 4.78 is 15.5. The summed E-state index contributed by atoms with van der Waals surface area (Å²) in [6, 6.07) is 16.3. The molecule has 0 unspecified atom stereocenters. The van der Waals surface area contributed by atoms with Gasteiger partial charge in [-0.2, -0.15) is 0 Å². The molecule has 6 heteroatoms. The van der Waals surface area contributed by atoms with Crippen molar-refractivity contribution in [2.75, 3.05) is 25.6 Å². The van der Waals surface area contributed by atoms with Gasteiger partial charge in [-0.3, -0.25) is 9.59 Å². The SMILES string of the molecule is COc1cccc(NC(=O)COC(=O)CCCOc2ccccc2)c1. The van der Waals surface area contributed by atoms with Crippen molar-refractivity contribution < 1.29 is 23.8 Å². The average molecular weight is 343 g/mol. The largest absolute Gasteiger partial charge is 0.497 e. The minimum absolute atomic E-state index is 0.194. The highest BCUT2D eigenvalue weighted by Gasteiger charge is 2.08. The number of hydrogen-bond donors (Lipinski definition) is 1. The Kier molecular flexibility index (Phi) is 7.31. The van der Waals surface area contributed by atoms with Crippen molar-refractivity contribution in [2.45, 2.75) is 12.8 Å². The number of anilines is 1. The van der Waals surface area contributed by atoms with Gasteiger partial charge in [-0.05, 0) is 30.7 Å². The maximum absolute atomic E-state index is 11.8. The summed E-state index contributed by atoms with van der Waals surface area (Å²) in [5, 5.41) is 2.64. The standard InChI is InChI=1S/C19H21NO5/c1-23-17-10-5-7-15(13-17)20-18(21)14-25-19(22)11-6-12-24-16-8-3-2-4-9-16/h2-5,7-10,13H,6,11-12,14H2,1H3,(H,20,21). The number of rotatable bonds is 9. The molecule has 0 saturated heterocycles. The van der Waals surface area contributed by atoms with E-state index in [1.807, 2.05) is 30.3 Å². The monoisotopic (exact) mass is 343 g/mol. The third-order valence-electron chi connectivity index (χ3n) is 3.25. The van der Waals surface area contributed by atoms with Crippen molar-refractivity contribution in [1.82, 2.24) is 0 Å². The van der Waals surface area contributed by atoms with Crippen molar-refractivity contribution >= 4 is 17.6 Å². The van der Waals surface area contributed by atoms with Crippen LogP contribution < -0.4 is 14.8 Å². The first kappa shape index (κ1) is 18.3. The van der Waals surface area contributed by atoms with Crippen molar-refractivity contribution in [3.63, 3.8) is 0 Å². The number of ether oxygens (including phenoxy) is 3. The van der Waals surface area contributed by atoms with Gasteiger partial charge in [0.05, 0.1) is 13.7 Å². The Morgan fingerprint density at radius 2 is 1.76 bits per heavy atom. The highest BCUT2D eigenvalue weighted by molar-refractivity contribution is 5.92. The van der Waals surface area contributed by atoms with Gasteiger partial charge in [0.15, 0.2) is 6.61 Å². The van der Waals surface area contributed by atoms with E-state index in [-0.39, 0.29) is 13.0 Å². The summed E-state index contributed by atoms with van der Waals surface area (Å²) in [6.07, 6.45) is 0.713. The van der Waals surface area contributed by atoms with Gasteiger partial charge in [0.1, 0.15) is 11.5 Å². The molecule has 0 fully saturated rings. The minimum atomic E-state index is -0.433. The van der Waals surface area contributed by atoms with E-state index < -0.39 is 11.9 Å². The summed E-state index contributed by atoms with van der Waals surface area (Å²) in [4.78, 5) is 23.4. The number of esters is 1. The van der Waals surface area contributed by atoms with Gasteiger partial charge in [0, 0.05) is 18.2 Å². The van der Waals surface area contributed by atoms with Crippen LogP contribution in [0, 0.1) is 0 Å². The first-order valence-corrected chi connectivity index (χ1v) is 7.95. The van der Waals surface area contributed by atoms with E-state index >= 15 is 0 Å². The molecule has 25 heavy (non-hydrogen) atoms. The van der Waals surface area contributed by atoms with Crippen molar-refractivity contribution in [3.8, 4) is 11.5 Å². The molecule has 0 spiro atoms. The lowest BCUT2D eigenvalue weighted by molar-refractivity contribution is -0.147. The first-order chi connectivity index (χ1) is 12.2. The van der Waals surface area contributed by atoms with Gasteiger partial charge >= 0.3 is 5.97 Å². The van der Waals surface area contributed by atoms with Gasteiger partial charge in [-0.1, -0.05) is 24.3 Å². The molecule has 1 N–H and O–H groups in total. The normalized spacial score (nSPS) is 9.96. The summed E-state index contributed by atoms with van der Waals surface area (Å²) in [6.45, 7) is 0.0880. The van der Waals surface area contributed by atoms with E-state index in [9.17, 15) is 9.59 Å². The van der Waals surface area contributed by atoms with Crippen LogP contribution in [0.3, 0.4) is 0 Å². The Morgan fingerprint density at radius 3 is 2.52 bits per heavy atom. The Hall–Kier alpha value is -3.02. The molecule has 0 aliphatic rings. The number of para-hydroxylation sites is 1. The van der Waals surface area contributed by atoms with Crippen LogP contribution in [-0.4, -0.2) is 32.2 Å². The molecule has 0 heterocycles. The molecule has 6 nitrogen and oxygen atoms in total. The van der Waals surface area contributed by atoms with Crippen LogP contribution >= 0.6 is 0 Å². The molecule has 2 rings (SSSR count). The summed E-state index contributed by atoms with van der Waals surface area (Å²) in [5.41, 5.74) is 0.580. The highest BCUT2D eigenvalue weighted by atomic mass is 16.5. The second-order valence-corrected chi connectivity index (χ2v) is 5.21. The molecule has 0 radical (unpaired) electrons. The second kappa shape index (κ2) is 9.97. The lowest BCUT2D eigenvalue weighted by Crippen LogP contribution is -2.21. The van der Waals surface area contributed by atoms with Crippen LogP contribution in [0.25, 0.3) is 0 Å². The number of nitrogens with one attached hydrogen (secondary N) is 1. The van der Waals surface area contributed by atoms with Gasteiger partial charge in [0.25, 0.3) is 5.91 Å². The number of carbonyl (C=O) groups excluding carboxylic acids is 2. The molecular formula is C19H21NO5. The Bertz CT molecular complexity index is 687. The molecule has 0 saturated carbocycles. The van der Waals surface area contributed by atoms with Gasteiger partial charge in [-0.15, -0.1) is 0 Å². The minimum Gasteiger partial charge on any atom is -0.497 e. The molecule has 0 aliphatic carbocycles. The van der Waals surface area contributed by atoms with Crippen LogP contribution in [0.1, 0.15) is 12.8 Å². The zero-order valence-corrected chi connectivity index (χ0v) is 14.1. The zero-order chi connectivity index (χ0) is 17.9. The van der Waals surface area contributed by atoms with Gasteiger partial charge in [-0.25, -0.2) is 0 Å². The summed E-state index contributed by atoms with van der Waals surface area (Å²) in [7, 11) is 1.55. The molecule has 2 aromatic rings. The van der Waals surface area contributed by atoms with E-state index in [0.29, 0.717) is 24.5 Å². The van der Waals surface area contributed by atoms with Gasteiger partial charge in [0.2, 0.25) is 0 Å². The molecule has 0 atom stereocenters. The Balaban J connectivity index is 1.61. The van der Waals surface area contributed by atoms with Gasteiger partial charge < -0.3 is 19.5 Å². The van der Waals surface area contributed by atoms with Crippen molar-refractivity contribution in [3.05, 3.63) is 54.6 Å². The average Bonchev–Trinajstić information content (AvgIpc) is 2.64. The lowest BCUT2D eigenvalue weighted by Gasteiger charge is -2.08. The van der Waals surface area contributed by atoms with E-state index in [0.717, 1.165) is 5.75 Å². The third-order valence-corrected chi connectivity index (χ3v) is 3.25. The molecule has 0 aliphatic heterocycles. The number of methoxy groups -OCH3 is 1. The molecule has 132 valence electrons. The van der Waals surface area contributed by atoms with Crippen LogP contribution in [0.15, 0.2) is 54.6 Å². The van der Waals surface area contributed by atoms with Crippen LogP contribution in [0.2, 0.25) is 0 Å². The topological polar surface area (TPSA) is 73.9 Å². The number of benzene rings is 2. The van der Waals surface area contributed by atoms with Crippen LogP contribution in [0.5, 0.6) is 11.5 Å². The Labute approximate surface area is 146 Å². The highest BCUT2D eigenvalue weighted by Crippen LogP contribution is 2.16. The van der Waals surface area contributed by atoms with E-state index in [2.05, 4.69) is 5.32 Å². The number of amides is 1.